The standard InChI is InChI=1S/C17H25N3O3/c1-2-23-17-14(8-6-10-19-17)16(22)18-11-7-13-20-12-5-3-4-9-15(20)21/h6,8,10H,2-5,7,9,11-13H2,1H3,(H,18,22). The average Bonchev–Trinajstić information content (AvgIpc) is 2.77. The summed E-state index contributed by atoms with van der Waals surface area (Å²) in [7, 11) is 0. The Bertz CT molecular complexity index is 534. The second-order valence-electron chi connectivity index (χ2n) is 5.59. The lowest BCUT2D eigenvalue weighted by molar-refractivity contribution is -0.130. The second-order valence-corrected chi connectivity index (χ2v) is 5.59. The smallest absolute Gasteiger partial charge is 0.256 e. The number of ether oxygens (including phenoxy) is 1. The quantitative estimate of drug-likeness (QED) is 0.780. The molecule has 1 N–H and O–H groups in total. The van der Waals surface area contributed by atoms with E-state index in [2.05, 4.69) is 10.3 Å². The summed E-state index contributed by atoms with van der Waals surface area (Å²) in [5, 5.41) is 2.87. The van der Waals surface area contributed by atoms with Crippen LogP contribution in [0.2, 0.25) is 0 Å². The molecule has 1 aromatic rings. The fourth-order valence-corrected chi connectivity index (χ4v) is 2.66. The van der Waals surface area contributed by atoms with Crippen molar-refractivity contribution in [3.63, 3.8) is 0 Å². The number of carbonyl (C=O) groups excluding carboxylic acids is 2. The van der Waals surface area contributed by atoms with E-state index in [1.165, 1.54) is 0 Å². The van der Waals surface area contributed by atoms with E-state index >= 15 is 0 Å². The molecule has 23 heavy (non-hydrogen) atoms. The van der Waals surface area contributed by atoms with Crippen LogP contribution < -0.4 is 10.1 Å². The van der Waals surface area contributed by atoms with Crippen molar-refractivity contribution in [2.24, 2.45) is 0 Å². The number of hydrogen-bond acceptors (Lipinski definition) is 4. The van der Waals surface area contributed by atoms with Gasteiger partial charge in [-0.15, -0.1) is 0 Å². The number of pyridine rings is 1. The Morgan fingerprint density at radius 2 is 2.26 bits per heavy atom. The van der Waals surface area contributed by atoms with Crippen LogP contribution in [0.1, 0.15) is 49.4 Å². The predicted molar refractivity (Wildman–Crippen MR) is 87.4 cm³/mol. The lowest BCUT2D eigenvalue weighted by Gasteiger charge is -2.20. The first kappa shape index (κ1) is 17.2. The molecule has 6 heteroatoms. The second kappa shape index (κ2) is 9.12. The van der Waals surface area contributed by atoms with Gasteiger partial charge in [0, 0.05) is 32.3 Å². The number of nitrogens with one attached hydrogen (secondary N) is 1. The maximum Gasteiger partial charge on any atom is 0.256 e. The minimum absolute atomic E-state index is 0.191. The van der Waals surface area contributed by atoms with Crippen molar-refractivity contribution in [2.45, 2.75) is 39.0 Å². The highest BCUT2D eigenvalue weighted by molar-refractivity contribution is 5.96. The molecule has 1 aliphatic heterocycles. The van der Waals surface area contributed by atoms with E-state index in [9.17, 15) is 9.59 Å². The molecule has 6 nitrogen and oxygen atoms in total. The average molecular weight is 319 g/mol. The van der Waals surface area contributed by atoms with E-state index in [4.69, 9.17) is 4.74 Å². The van der Waals surface area contributed by atoms with E-state index in [1.807, 2.05) is 11.8 Å². The zero-order chi connectivity index (χ0) is 16.5. The van der Waals surface area contributed by atoms with Crippen LogP contribution in [0, 0.1) is 0 Å². The molecule has 126 valence electrons. The van der Waals surface area contributed by atoms with Crippen LogP contribution in [0.5, 0.6) is 5.88 Å². The molecule has 1 aliphatic rings. The Balaban J connectivity index is 1.77. The number of carbonyl (C=O) groups is 2. The van der Waals surface area contributed by atoms with Crippen LogP contribution in [0.25, 0.3) is 0 Å². The first-order valence-electron chi connectivity index (χ1n) is 8.36. The first-order chi connectivity index (χ1) is 11.2. The maximum absolute atomic E-state index is 12.2. The summed E-state index contributed by atoms with van der Waals surface area (Å²) >= 11 is 0. The molecule has 0 atom stereocenters. The third-order valence-electron chi connectivity index (χ3n) is 3.86. The van der Waals surface area contributed by atoms with E-state index in [1.54, 1.807) is 18.3 Å². The zero-order valence-electron chi connectivity index (χ0n) is 13.7. The van der Waals surface area contributed by atoms with E-state index in [-0.39, 0.29) is 11.8 Å². The highest BCUT2D eigenvalue weighted by Crippen LogP contribution is 2.14. The van der Waals surface area contributed by atoms with Crippen molar-refractivity contribution in [3.8, 4) is 5.88 Å². The summed E-state index contributed by atoms with van der Waals surface area (Å²) in [6.07, 6.45) is 6.20. The topological polar surface area (TPSA) is 71.5 Å². The molecule has 1 fully saturated rings. The molecule has 1 aromatic heterocycles. The molecule has 0 aromatic carbocycles. The molecule has 0 radical (unpaired) electrons. The fraction of sp³-hybridized carbons (Fsp3) is 0.588. The highest BCUT2D eigenvalue weighted by Gasteiger charge is 2.16. The molecule has 2 rings (SSSR count). The number of aromatic nitrogens is 1. The Morgan fingerprint density at radius 3 is 3.09 bits per heavy atom. The van der Waals surface area contributed by atoms with Crippen molar-refractivity contribution < 1.29 is 14.3 Å². The minimum Gasteiger partial charge on any atom is -0.477 e. The van der Waals surface area contributed by atoms with Crippen molar-refractivity contribution in [2.75, 3.05) is 26.2 Å². The van der Waals surface area contributed by atoms with Crippen LogP contribution in [-0.2, 0) is 4.79 Å². The van der Waals surface area contributed by atoms with Crippen molar-refractivity contribution >= 4 is 11.8 Å². The van der Waals surface area contributed by atoms with E-state index in [0.29, 0.717) is 37.6 Å². The summed E-state index contributed by atoms with van der Waals surface area (Å²) in [6.45, 7) is 4.39. The third kappa shape index (κ3) is 5.23. The molecular weight excluding hydrogens is 294 g/mol. The van der Waals surface area contributed by atoms with Gasteiger partial charge in [0.25, 0.3) is 5.91 Å². The number of nitrogens with zero attached hydrogens (tertiary/aromatic N) is 2. The third-order valence-corrected chi connectivity index (χ3v) is 3.86. The molecule has 2 amide bonds. The summed E-state index contributed by atoms with van der Waals surface area (Å²) in [6, 6.07) is 3.42. The van der Waals surface area contributed by atoms with Gasteiger partial charge in [0.15, 0.2) is 0 Å². The molecule has 0 saturated carbocycles. The summed E-state index contributed by atoms with van der Waals surface area (Å²) < 4.78 is 5.36. The Hall–Kier alpha value is -2.11. The van der Waals surface area contributed by atoms with Crippen molar-refractivity contribution in [1.82, 2.24) is 15.2 Å². The van der Waals surface area contributed by atoms with Crippen LogP contribution in [0.15, 0.2) is 18.3 Å². The highest BCUT2D eigenvalue weighted by atomic mass is 16.5. The largest absolute Gasteiger partial charge is 0.477 e. The SMILES string of the molecule is CCOc1ncccc1C(=O)NCCCN1CCCCCC1=O. The molecule has 0 spiro atoms. The van der Waals surface area contributed by atoms with Gasteiger partial charge < -0.3 is 15.0 Å². The van der Waals surface area contributed by atoms with E-state index < -0.39 is 0 Å². The Kier molecular flexibility index (Phi) is 6.84. The number of likely N-dealkylation sites (tertiary alicyclic amines) is 1. The van der Waals surface area contributed by atoms with Crippen LogP contribution >= 0.6 is 0 Å². The normalized spacial score (nSPS) is 15.2. The van der Waals surface area contributed by atoms with Crippen LogP contribution in [0.3, 0.4) is 0 Å². The minimum atomic E-state index is -0.191. The molecule has 1 saturated heterocycles. The van der Waals surface area contributed by atoms with Gasteiger partial charge in [-0.05, 0) is 38.3 Å². The van der Waals surface area contributed by atoms with Gasteiger partial charge in [0.2, 0.25) is 11.8 Å². The summed E-state index contributed by atoms with van der Waals surface area (Å²) in [5.74, 6) is 0.402. The lowest BCUT2D eigenvalue weighted by atomic mass is 10.2. The van der Waals surface area contributed by atoms with Gasteiger partial charge in [-0.3, -0.25) is 9.59 Å². The number of rotatable bonds is 7. The van der Waals surface area contributed by atoms with Crippen LogP contribution in [0.4, 0.5) is 0 Å². The number of amides is 2. The fourth-order valence-electron chi connectivity index (χ4n) is 2.66. The van der Waals surface area contributed by atoms with Gasteiger partial charge >= 0.3 is 0 Å². The molecule has 0 unspecified atom stereocenters. The molecule has 2 heterocycles. The van der Waals surface area contributed by atoms with Gasteiger partial charge in [-0.2, -0.15) is 0 Å². The molecule has 0 aliphatic carbocycles. The monoisotopic (exact) mass is 319 g/mol. The summed E-state index contributed by atoms with van der Waals surface area (Å²) in [4.78, 5) is 30.1. The number of hydrogen-bond donors (Lipinski definition) is 1. The first-order valence-corrected chi connectivity index (χ1v) is 8.36. The molecular formula is C17H25N3O3. The van der Waals surface area contributed by atoms with Gasteiger partial charge in [0.1, 0.15) is 5.56 Å². The zero-order valence-corrected chi connectivity index (χ0v) is 13.7. The van der Waals surface area contributed by atoms with E-state index in [0.717, 1.165) is 32.2 Å². The van der Waals surface area contributed by atoms with Crippen molar-refractivity contribution in [1.29, 1.82) is 0 Å². The Morgan fingerprint density at radius 1 is 1.39 bits per heavy atom. The van der Waals surface area contributed by atoms with Crippen molar-refractivity contribution in [3.05, 3.63) is 23.9 Å². The van der Waals surface area contributed by atoms with Gasteiger partial charge in [-0.25, -0.2) is 4.98 Å². The van der Waals surface area contributed by atoms with Gasteiger partial charge in [0.05, 0.1) is 6.61 Å². The Labute approximate surface area is 137 Å². The molecule has 0 bridgehead atoms. The summed E-state index contributed by atoms with van der Waals surface area (Å²) in [5.41, 5.74) is 0.445. The predicted octanol–water partition coefficient (Wildman–Crippen LogP) is 2.00. The maximum atomic E-state index is 12.2. The van der Waals surface area contributed by atoms with Gasteiger partial charge in [-0.1, -0.05) is 6.42 Å². The van der Waals surface area contributed by atoms with Crippen LogP contribution in [-0.4, -0.2) is 47.9 Å². The lowest BCUT2D eigenvalue weighted by Crippen LogP contribution is -2.34.